The fourth-order valence-electron chi connectivity index (χ4n) is 1.96. The third-order valence-electron chi connectivity index (χ3n) is 3.16. The van der Waals surface area contributed by atoms with Crippen molar-refractivity contribution >= 4 is 51.4 Å². The van der Waals surface area contributed by atoms with E-state index in [2.05, 4.69) is 15.5 Å². The van der Waals surface area contributed by atoms with Gasteiger partial charge in [-0.2, -0.15) is 5.10 Å². The van der Waals surface area contributed by atoms with Gasteiger partial charge in [0.15, 0.2) is 4.34 Å². The van der Waals surface area contributed by atoms with Crippen LogP contribution in [0.4, 0.5) is 0 Å². The lowest BCUT2D eigenvalue weighted by Gasteiger charge is -1.98. The lowest BCUT2D eigenvalue weighted by molar-refractivity contribution is -0.118. The number of aromatic carboxylic acids is 1. The molecule has 1 amide bonds. The maximum Gasteiger partial charge on any atom is 0.335 e. The van der Waals surface area contributed by atoms with Crippen molar-refractivity contribution < 1.29 is 14.7 Å². The first-order chi connectivity index (χ1) is 12.1. The van der Waals surface area contributed by atoms with E-state index in [9.17, 15) is 9.59 Å². The second kappa shape index (κ2) is 7.91. The van der Waals surface area contributed by atoms with Crippen LogP contribution in [0, 0.1) is 0 Å². The number of para-hydroxylation sites is 1. The van der Waals surface area contributed by atoms with Gasteiger partial charge >= 0.3 is 5.97 Å². The van der Waals surface area contributed by atoms with Crippen molar-refractivity contribution in [1.82, 2.24) is 10.4 Å². The van der Waals surface area contributed by atoms with Crippen LogP contribution in [-0.4, -0.2) is 33.9 Å². The maximum absolute atomic E-state index is 11.8. The van der Waals surface area contributed by atoms with Crippen molar-refractivity contribution in [3.8, 4) is 0 Å². The number of hydrazone groups is 1. The maximum atomic E-state index is 11.8. The van der Waals surface area contributed by atoms with Crippen molar-refractivity contribution in [2.24, 2.45) is 5.10 Å². The normalized spacial score (nSPS) is 11.0. The van der Waals surface area contributed by atoms with Gasteiger partial charge in [-0.3, -0.25) is 4.79 Å². The smallest absolute Gasteiger partial charge is 0.335 e. The molecule has 0 aliphatic heterocycles. The Morgan fingerprint density at radius 1 is 1.20 bits per heavy atom. The van der Waals surface area contributed by atoms with Crippen LogP contribution < -0.4 is 5.43 Å². The highest BCUT2D eigenvalue weighted by atomic mass is 32.2. The second-order valence-corrected chi connectivity index (χ2v) is 7.21. The molecule has 0 fully saturated rings. The third-order valence-corrected chi connectivity index (χ3v) is 5.34. The number of carbonyl (C=O) groups excluding carboxylic acids is 1. The van der Waals surface area contributed by atoms with Crippen LogP contribution in [0.15, 0.2) is 58.0 Å². The summed E-state index contributed by atoms with van der Waals surface area (Å²) in [4.78, 5) is 27.0. The molecule has 0 atom stereocenters. The van der Waals surface area contributed by atoms with E-state index in [0.717, 1.165) is 14.6 Å². The number of amides is 1. The molecule has 0 bridgehead atoms. The summed E-state index contributed by atoms with van der Waals surface area (Å²) in [5.74, 6) is -0.999. The van der Waals surface area contributed by atoms with E-state index >= 15 is 0 Å². The first-order valence-corrected chi connectivity index (χ1v) is 9.05. The Kier molecular flexibility index (Phi) is 5.42. The predicted molar refractivity (Wildman–Crippen MR) is 99.5 cm³/mol. The van der Waals surface area contributed by atoms with Gasteiger partial charge in [0.05, 0.1) is 27.7 Å². The Balaban J connectivity index is 1.49. The molecule has 1 heterocycles. The largest absolute Gasteiger partial charge is 0.478 e. The Labute approximate surface area is 151 Å². The average molecular weight is 371 g/mol. The molecule has 2 N–H and O–H groups in total. The van der Waals surface area contributed by atoms with Gasteiger partial charge in [-0.05, 0) is 29.8 Å². The fraction of sp³-hybridized carbons (Fsp3) is 0.0588. The van der Waals surface area contributed by atoms with E-state index in [1.807, 2.05) is 24.3 Å². The molecule has 0 aliphatic carbocycles. The van der Waals surface area contributed by atoms with Crippen molar-refractivity contribution in [3.05, 3.63) is 59.7 Å². The summed E-state index contributed by atoms with van der Waals surface area (Å²) in [6.07, 6.45) is 1.46. The van der Waals surface area contributed by atoms with Crippen LogP contribution >= 0.6 is 23.1 Å². The van der Waals surface area contributed by atoms with Gasteiger partial charge in [-0.1, -0.05) is 36.0 Å². The number of benzene rings is 2. The monoisotopic (exact) mass is 371 g/mol. The van der Waals surface area contributed by atoms with Crippen LogP contribution in [0.1, 0.15) is 15.9 Å². The number of thioether (sulfide) groups is 1. The number of carboxylic acid groups (broad SMARTS) is 1. The number of carboxylic acids is 1. The van der Waals surface area contributed by atoms with Crippen LogP contribution in [-0.2, 0) is 4.79 Å². The Bertz CT molecular complexity index is 903. The Hall–Kier alpha value is -2.71. The van der Waals surface area contributed by atoms with Gasteiger partial charge < -0.3 is 5.11 Å². The molecule has 0 radical (unpaired) electrons. The molecular formula is C17H13N3O3S2. The van der Waals surface area contributed by atoms with Crippen LogP contribution in [0.25, 0.3) is 10.2 Å². The Morgan fingerprint density at radius 3 is 2.68 bits per heavy atom. The first kappa shape index (κ1) is 17.1. The minimum Gasteiger partial charge on any atom is -0.478 e. The topological polar surface area (TPSA) is 91.7 Å². The second-order valence-electron chi connectivity index (χ2n) is 4.96. The number of nitrogens with one attached hydrogen (secondary N) is 1. The van der Waals surface area contributed by atoms with Crippen LogP contribution in [0.2, 0.25) is 0 Å². The number of thiazole rings is 1. The summed E-state index contributed by atoms with van der Waals surface area (Å²) < 4.78 is 1.93. The van der Waals surface area contributed by atoms with Crippen molar-refractivity contribution in [2.45, 2.75) is 4.34 Å². The number of hydrogen-bond acceptors (Lipinski definition) is 6. The van der Waals surface area contributed by atoms with Gasteiger partial charge in [0.2, 0.25) is 0 Å². The van der Waals surface area contributed by atoms with E-state index < -0.39 is 5.97 Å². The molecule has 0 saturated carbocycles. The van der Waals surface area contributed by atoms with Crippen molar-refractivity contribution in [3.63, 3.8) is 0 Å². The molecule has 25 heavy (non-hydrogen) atoms. The minimum absolute atomic E-state index is 0.202. The molecular weight excluding hydrogens is 358 g/mol. The summed E-state index contributed by atoms with van der Waals surface area (Å²) in [6.45, 7) is 0. The third kappa shape index (κ3) is 4.65. The number of rotatable bonds is 6. The number of aromatic nitrogens is 1. The number of nitrogens with zero attached hydrogens (tertiary/aromatic N) is 2. The molecule has 0 spiro atoms. The zero-order valence-corrected chi connectivity index (χ0v) is 14.5. The SMILES string of the molecule is O=C(CSc1nc2ccccc2s1)N/N=C\c1ccc(C(=O)O)cc1. The molecule has 126 valence electrons. The fourth-order valence-corrected chi connectivity index (χ4v) is 3.82. The highest BCUT2D eigenvalue weighted by Crippen LogP contribution is 2.28. The first-order valence-electron chi connectivity index (χ1n) is 7.25. The van der Waals surface area contributed by atoms with Gasteiger partial charge in [0, 0.05) is 0 Å². The van der Waals surface area contributed by atoms with Gasteiger partial charge in [-0.25, -0.2) is 15.2 Å². The lowest BCUT2D eigenvalue weighted by atomic mass is 10.1. The lowest BCUT2D eigenvalue weighted by Crippen LogP contribution is -2.19. The van der Waals surface area contributed by atoms with Crippen molar-refractivity contribution in [1.29, 1.82) is 0 Å². The summed E-state index contributed by atoms with van der Waals surface area (Å²) in [6, 6.07) is 14.0. The minimum atomic E-state index is -0.983. The van der Waals surface area contributed by atoms with E-state index in [-0.39, 0.29) is 17.2 Å². The molecule has 0 aliphatic rings. The molecule has 2 aromatic carbocycles. The van der Waals surface area contributed by atoms with E-state index in [1.165, 1.54) is 30.1 Å². The summed E-state index contributed by atoms with van der Waals surface area (Å²) >= 11 is 2.91. The van der Waals surface area contributed by atoms with Gasteiger partial charge in [0.25, 0.3) is 5.91 Å². The molecule has 3 aromatic rings. The predicted octanol–water partition coefficient (Wildman–Crippen LogP) is 3.24. The summed E-state index contributed by atoms with van der Waals surface area (Å²) in [5, 5.41) is 12.7. The molecule has 8 heteroatoms. The summed E-state index contributed by atoms with van der Waals surface area (Å²) in [7, 11) is 0. The molecule has 6 nitrogen and oxygen atoms in total. The standard InChI is InChI=1S/C17H13N3O3S2/c21-15(10-24-17-19-13-3-1-2-4-14(13)25-17)20-18-9-11-5-7-12(8-6-11)16(22)23/h1-9H,10H2,(H,20,21)(H,22,23)/b18-9-. The van der Waals surface area contributed by atoms with E-state index in [4.69, 9.17) is 5.11 Å². The van der Waals surface area contributed by atoms with Gasteiger partial charge in [0.1, 0.15) is 0 Å². The molecule has 3 rings (SSSR count). The quantitative estimate of drug-likeness (QED) is 0.394. The number of hydrogen-bond donors (Lipinski definition) is 2. The zero-order valence-electron chi connectivity index (χ0n) is 12.9. The van der Waals surface area contributed by atoms with E-state index in [1.54, 1.807) is 23.5 Å². The number of fused-ring (bicyclic) bond motifs is 1. The van der Waals surface area contributed by atoms with Crippen LogP contribution in [0.5, 0.6) is 0 Å². The average Bonchev–Trinajstić information content (AvgIpc) is 3.03. The van der Waals surface area contributed by atoms with Crippen LogP contribution in [0.3, 0.4) is 0 Å². The molecule has 0 unspecified atom stereocenters. The van der Waals surface area contributed by atoms with Crippen molar-refractivity contribution in [2.75, 3.05) is 5.75 Å². The number of carbonyl (C=O) groups is 2. The van der Waals surface area contributed by atoms with E-state index in [0.29, 0.717) is 5.56 Å². The molecule has 1 aromatic heterocycles. The summed E-state index contributed by atoms with van der Waals surface area (Å²) in [5.41, 5.74) is 4.27. The Morgan fingerprint density at radius 2 is 1.96 bits per heavy atom. The molecule has 0 saturated heterocycles. The van der Waals surface area contributed by atoms with Gasteiger partial charge in [-0.15, -0.1) is 11.3 Å². The zero-order chi connectivity index (χ0) is 17.6. The highest BCUT2D eigenvalue weighted by molar-refractivity contribution is 8.01. The highest BCUT2D eigenvalue weighted by Gasteiger charge is 2.07.